The van der Waals surface area contributed by atoms with E-state index in [1.54, 1.807) is 6.20 Å². The van der Waals surface area contributed by atoms with Crippen LogP contribution in [0.3, 0.4) is 0 Å². The van der Waals surface area contributed by atoms with Crippen LogP contribution in [-0.4, -0.2) is 42.9 Å². The third kappa shape index (κ3) is 7.00. The van der Waals surface area contributed by atoms with Crippen LogP contribution in [0, 0.1) is 6.92 Å². The van der Waals surface area contributed by atoms with Crippen molar-refractivity contribution < 1.29 is 19.0 Å². The summed E-state index contributed by atoms with van der Waals surface area (Å²) in [5.74, 6) is 0.408. The average Bonchev–Trinajstić information content (AvgIpc) is 2.58. The molecule has 0 bridgehead atoms. The summed E-state index contributed by atoms with van der Waals surface area (Å²) in [6.07, 6.45) is 4.25. The van der Waals surface area contributed by atoms with Gasteiger partial charge in [0.15, 0.2) is 0 Å². The van der Waals surface area contributed by atoms with E-state index in [1.165, 1.54) is 0 Å². The van der Waals surface area contributed by atoms with E-state index in [1.807, 2.05) is 33.8 Å². The standard InChI is InChI=1S/C19H32N2O4/c1-6-9-10-19(5,25-8-3)18(22)21-16-13-15(4)17(20-14-16)24-12-11-23-7-2/h13-14H,6-12H2,1-5H3,(H,21,22)/t19-/m1/s1. The molecule has 0 radical (unpaired) electrons. The molecule has 1 aromatic heterocycles. The SMILES string of the molecule is CCCC[C@@](C)(OCC)C(=O)Nc1cnc(OCCOCC)c(C)c1. The molecule has 6 heteroatoms. The van der Waals surface area contributed by atoms with Crippen molar-refractivity contribution in [3.8, 4) is 5.88 Å². The lowest BCUT2D eigenvalue weighted by atomic mass is 9.97. The lowest BCUT2D eigenvalue weighted by Crippen LogP contribution is -2.42. The van der Waals surface area contributed by atoms with Gasteiger partial charge in [-0.25, -0.2) is 4.98 Å². The van der Waals surface area contributed by atoms with Crippen LogP contribution in [0.25, 0.3) is 0 Å². The number of rotatable bonds is 12. The second kappa shape index (κ2) is 11.1. The zero-order valence-corrected chi connectivity index (χ0v) is 16.2. The summed E-state index contributed by atoms with van der Waals surface area (Å²) in [6, 6.07) is 1.85. The topological polar surface area (TPSA) is 69.7 Å². The Morgan fingerprint density at radius 1 is 1.24 bits per heavy atom. The van der Waals surface area contributed by atoms with Crippen molar-refractivity contribution in [2.24, 2.45) is 0 Å². The molecule has 0 aliphatic heterocycles. The van der Waals surface area contributed by atoms with Crippen LogP contribution in [0.5, 0.6) is 5.88 Å². The van der Waals surface area contributed by atoms with E-state index in [-0.39, 0.29) is 5.91 Å². The minimum Gasteiger partial charge on any atom is -0.475 e. The first-order chi connectivity index (χ1) is 12.0. The van der Waals surface area contributed by atoms with E-state index in [9.17, 15) is 4.79 Å². The van der Waals surface area contributed by atoms with Gasteiger partial charge >= 0.3 is 0 Å². The van der Waals surface area contributed by atoms with Gasteiger partial charge in [-0.2, -0.15) is 0 Å². The molecule has 1 aromatic rings. The molecular formula is C19H32N2O4. The zero-order chi connectivity index (χ0) is 18.7. The number of amides is 1. The third-order valence-corrected chi connectivity index (χ3v) is 3.91. The average molecular weight is 352 g/mol. The van der Waals surface area contributed by atoms with Gasteiger partial charge in [-0.05, 0) is 40.2 Å². The molecule has 0 aliphatic rings. The molecule has 0 aromatic carbocycles. The van der Waals surface area contributed by atoms with Crippen molar-refractivity contribution in [1.82, 2.24) is 4.98 Å². The minimum atomic E-state index is -0.828. The highest BCUT2D eigenvalue weighted by Gasteiger charge is 2.33. The second-order valence-corrected chi connectivity index (χ2v) is 6.11. The second-order valence-electron chi connectivity index (χ2n) is 6.11. The number of carbonyl (C=O) groups is 1. The maximum absolute atomic E-state index is 12.7. The molecular weight excluding hydrogens is 320 g/mol. The van der Waals surface area contributed by atoms with Gasteiger partial charge in [0, 0.05) is 18.8 Å². The largest absolute Gasteiger partial charge is 0.475 e. The first-order valence-corrected chi connectivity index (χ1v) is 9.09. The molecule has 0 spiro atoms. The number of aryl methyl sites for hydroxylation is 1. The summed E-state index contributed by atoms with van der Waals surface area (Å²) < 4.78 is 16.5. The Morgan fingerprint density at radius 3 is 2.60 bits per heavy atom. The Hall–Kier alpha value is -1.66. The Bertz CT molecular complexity index is 536. The highest BCUT2D eigenvalue weighted by atomic mass is 16.5. The molecule has 1 heterocycles. The van der Waals surface area contributed by atoms with E-state index in [2.05, 4.69) is 17.2 Å². The highest BCUT2D eigenvalue weighted by Crippen LogP contribution is 2.23. The van der Waals surface area contributed by atoms with Crippen molar-refractivity contribution in [3.05, 3.63) is 17.8 Å². The number of nitrogens with one attached hydrogen (secondary N) is 1. The molecule has 0 saturated carbocycles. The van der Waals surface area contributed by atoms with Crippen LogP contribution in [0.4, 0.5) is 5.69 Å². The Labute approximate surface area is 151 Å². The predicted molar refractivity (Wildman–Crippen MR) is 99.1 cm³/mol. The van der Waals surface area contributed by atoms with E-state index < -0.39 is 5.60 Å². The van der Waals surface area contributed by atoms with Crippen LogP contribution in [0.1, 0.15) is 52.5 Å². The predicted octanol–water partition coefficient (Wildman–Crippen LogP) is 3.73. The number of ether oxygens (including phenoxy) is 3. The van der Waals surface area contributed by atoms with Crippen LogP contribution >= 0.6 is 0 Å². The van der Waals surface area contributed by atoms with E-state index in [0.717, 1.165) is 18.4 Å². The number of pyridine rings is 1. The van der Waals surface area contributed by atoms with E-state index in [0.29, 0.717) is 44.4 Å². The molecule has 1 amide bonds. The Kier molecular flexibility index (Phi) is 9.45. The van der Waals surface area contributed by atoms with Crippen molar-refractivity contribution >= 4 is 11.6 Å². The first kappa shape index (κ1) is 21.4. The number of carbonyl (C=O) groups excluding carboxylic acids is 1. The Balaban J connectivity index is 2.71. The van der Waals surface area contributed by atoms with E-state index in [4.69, 9.17) is 14.2 Å². The van der Waals surface area contributed by atoms with E-state index >= 15 is 0 Å². The fourth-order valence-corrected chi connectivity index (χ4v) is 2.47. The van der Waals surface area contributed by atoms with Crippen LogP contribution in [0.2, 0.25) is 0 Å². The number of hydrogen-bond acceptors (Lipinski definition) is 5. The van der Waals surface area contributed by atoms with Crippen LogP contribution in [0.15, 0.2) is 12.3 Å². The number of nitrogens with zero attached hydrogens (tertiary/aromatic N) is 1. The molecule has 142 valence electrons. The summed E-state index contributed by atoms with van der Waals surface area (Å²) in [5, 5.41) is 2.91. The summed E-state index contributed by atoms with van der Waals surface area (Å²) in [4.78, 5) is 16.9. The van der Waals surface area contributed by atoms with Gasteiger partial charge in [0.2, 0.25) is 5.88 Å². The van der Waals surface area contributed by atoms with Crippen molar-refractivity contribution in [1.29, 1.82) is 0 Å². The van der Waals surface area contributed by atoms with Gasteiger partial charge in [-0.1, -0.05) is 19.8 Å². The number of unbranched alkanes of at least 4 members (excludes halogenated alkanes) is 1. The number of anilines is 1. The fourth-order valence-electron chi connectivity index (χ4n) is 2.47. The lowest BCUT2D eigenvalue weighted by molar-refractivity contribution is -0.139. The van der Waals surface area contributed by atoms with Gasteiger partial charge in [0.05, 0.1) is 18.5 Å². The highest BCUT2D eigenvalue weighted by molar-refractivity contribution is 5.97. The van der Waals surface area contributed by atoms with Gasteiger partial charge < -0.3 is 19.5 Å². The minimum absolute atomic E-state index is 0.144. The molecule has 0 saturated heterocycles. The monoisotopic (exact) mass is 352 g/mol. The zero-order valence-electron chi connectivity index (χ0n) is 16.2. The Morgan fingerprint density at radius 2 is 2.00 bits per heavy atom. The first-order valence-electron chi connectivity index (χ1n) is 9.09. The number of hydrogen-bond donors (Lipinski definition) is 1. The molecule has 0 aliphatic carbocycles. The maximum Gasteiger partial charge on any atom is 0.256 e. The molecule has 0 unspecified atom stereocenters. The lowest BCUT2D eigenvalue weighted by Gasteiger charge is -2.28. The number of aromatic nitrogens is 1. The van der Waals surface area contributed by atoms with Gasteiger partial charge in [-0.3, -0.25) is 4.79 Å². The van der Waals surface area contributed by atoms with Crippen LogP contribution < -0.4 is 10.1 Å². The molecule has 1 N–H and O–H groups in total. The third-order valence-electron chi connectivity index (χ3n) is 3.91. The van der Waals surface area contributed by atoms with Crippen LogP contribution in [-0.2, 0) is 14.3 Å². The molecule has 1 rings (SSSR count). The van der Waals surface area contributed by atoms with Gasteiger partial charge in [0.1, 0.15) is 12.2 Å². The smallest absolute Gasteiger partial charge is 0.256 e. The fraction of sp³-hybridized carbons (Fsp3) is 0.684. The van der Waals surface area contributed by atoms with Crippen molar-refractivity contribution in [2.75, 3.05) is 31.7 Å². The molecule has 6 nitrogen and oxygen atoms in total. The van der Waals surface area contributed by atoms with Crippen molar-refractivity contribution in [3.63, 3.8) is 0 Å². The van der Waals surface area contributed by atoms with Gasteiger partial charge in [-0.15, -0.1) is 0 Å². The summed E-state index contributed by atoms with van der Waals surface area (Å²) >= 11 is 0. The molecule has 0 fully saturated rings. The van der Waals surface area contributed by atoms with Gasteiger partial charge in [0.25, 0.3) is 5.91 Å². The molecule has 25 heavy (non-hydrogen) atoms. The summed E-state index contributed by atoms with van der Waals surface area (Å²) in [5.41, 5.74) is 0.675. The quantitative estimate of drug-likeness (QED) is 0.581. The normalized spacial score (nSPS) is 13.3. The van der Waals surface area contributed by atoms with Crippen molar-refractivity contribution in [2.45, 2.75) is 59.5 Å². The maximum atomic E-state index is 12.7. The summed E-state index contributed by atoms with van der Waals surface area (Å²) in [7, 11) is 0. The molecule has 1 atom stereocenters. The summed E-state index contributed by atoms with van der Waals surface area (Å²) in [6.45, 7) is 11.8.